The number of methoxy groups -OCH3 is 1. The average molecular weight is 421 g/mol. The first kappa shape index (κ1) is 21.0. The van der Waals surface area contributed by atoms with Crippen molar-refractivity contribution in [2.24, 2.45) is 0 Å². The van der Waals surface area contributed by atoms with Gasteiger partial charge in [-0.05, 0) is 56.0 Å². The molecule has 0 saturated carbocycles. The molecule has 2 aromatic heterocycles. The molecule has 1 amide bonds. The fourth-order valence-electron chi connectivity index (χ4n) is 4.24. The quantitative estimate of drug-likeness (QED) is 0.606. The molecule has 0 aliphatic carbocycles. The maximum atomic E-state index is 12.6. The van der Waals surface area contributed by atoms with E-state index in [9.17, 15) is 4.79 Å². The topological polar surface area (TPSA) is 81.4 Å². The fraction of sp³-hybridized carbons (Fsp3) is 0.417. The molecule has 0 atom stereocenters. The number of hydrogen-bond donors (Lipinski definition) is 0. The highest BCUT2D eigenvalue weighted by Gasteiger charge is 2.26. The fourth-order valence-corrected chi connectivity index (χ4v) is 4.24. The summed E-state index contributed by atoms with van der Waals surface area (Å²) in [6.45, 7) is 5.30. The van der Waals surface area contributed by atoms with E-state index in [-0.39, 0.29) is 12.3 Å². The third-order valence-corrected chi connectivity index (χ3v) is 5.95. The first-order valence-electron chi connectivity index (χ1n) is 10.7. The molecule has 0 bridgehead atoms. The van der Waals surface area contributed by atoms with Crippen molar-refractivity contribution in [3.63, 3.8) is 0 Å². The van der Waals surface area contributed by atoms with Gasteiger partial charge in [0.25, 0.3) is 0 Å². The molecule has 1 fully saturated rings. The number of rotatable bonds is 6. The number of likely N-dealkylation sites (tertiary alicyclic amines) is 1. The Labute approximate surface area is 182 Å². The van der Waals surface area contributed by atoms with Crippen LogP contribution in [-0.2, 0) is 17.6 Å². The molecule has 0 unspecified atom stereocenters. The Morgan fingerprint density at radius 3 is 2.65 bits per heavy atom. The minimum absolute atomic E-state index is 0.0753. The van der Waals surface area contributed by atoms with Gasteiger partial charge in [-0.25, -0.2) is 4.63 Å². The van der Waals surface area contributed by atoms with Crippen molar-refractivity contribution in [2.45, 2.75) is 45.4 Å². The largest absolute Gasteiger partial charge is 0.496 e. The summed E-state index contributed by atoms with van der Waals surface area (Å²) < 4.78 is 10.2. The molecule has 0 N–H and O–H groups in total. The highest BCUT2D eigenvalue weighted by atomic mass is 16.6. The summed E-state index contributed by atoms with van der Waals surface area (Å²) in [6.07, 6.45) is 2.87. The second kappa shape index (κ2) is 9.29. The van der Waals surface area contributed by atoms with Gasteiger partial charge in [0.05, 0.1) is 13.5 Å². The zero-order chi connectivity index (χ0) is 21.8. The van der Waals surface area contributed by atoms with Gasteiger partial charge in [0.1, 0.15) is 17.1 Å². The summed E-state index contributed by atoms with van der Waals surface area (Å²) in [4.78, 5) is 19.4. The van der Waals surface area contributed by atoms with Crippen LogP contribution < -0.4 is 4.74 Å². The number of ether oxygens (including phenoxy) is 1. The van der Waals surface area contributed by atoms with E-state index in [1.807, 2.05) is 30.0 Å². The van der Waals surface area contributed by atoms with Crippen molar-refractivity contribution in [2.75, 3.05) is 20.2 Å². The molecule has 1 saturated heterocycles. The Hall–Kier alpha value is -3.22. The summed E-state index contributed by atoms with van der Waals surface area (Å²) in [5.41, 5.74) is 5.84. The Kier molecular flexibility index (Phi) is 6.30. The number of nitrogens with zero attached hydrogens (tertiary/aromatic N) is 4. The summed E-state index contributed by atoms with van der Waals surface area (Å²) >= 11 is 0. The molecule has 3 heterocycles. The number of benzene rings is 1. The van der Waals surface area contributed by atoms with Crippen molar-refractivity contribution >= 4 is 5.91 Å². The van der Waals surface area contributed by atoms with E-state index in [0.29, 0.717) is 17.3 Å². The number of carbonyl (C=O) groups excluding carboxylic acids is 1. The van der Waals surface area contributed by atoms with E-state index in [2.05, 4.69) is 28.5 Å². The minimum atomic E-state index is 0.0753. The van der Waals surface area contributed by atoms with Crippen molar-refractivity contribution in [3.05, 3.63) is 70.3 Å². The zero-order valence-electron chi connectivity index (χ0n) is 18.3. The smallest absolute Gasteiger partial charge is 0.228 e. The van der Waals surface area contributed by atoms with Crippen LogP contribution in [0.1, 0.15) is 52.7 Å². The Bertz CT molecular complexity index is 1050. The molecule has 0 spiro atoms. The molecule has 1 aliphatic rings. The lowest BCUT2D eigenvalue weighted by Crippen LogP contribution is -2.39. The minimum Gasteiger partial charge on any atom is -0.496 e. The van der Waals surface area contributed by atoms with Gasteiger partial charge >= 0.3 is 0 Å². The predicted octanol–water partition coefficient (Wildman–Crippen LogP) is 3.63. The second-order valence-corrected chi connectivity index (χ2v) is 8.16. The molecular formula is C24H28N4O3. The summed E-state index contributed by atoms with van der Waals surface area (Å²) in [7, 11) is 1.71. The van der Waals surface area contributed by atoms with Gasteiger partial charge < -0.3 is 9.64 Å². The van der Waals surface area contributed by atoms with E-state index >= 15 is 0 Å². The first-order chi connectivity index (χ1) is 15.0. The number of hydrogen-bond acceptors (Lipinski definition) is 6. The Balaban J connectivity index is 1.41. The van der Waals surface area contributed by atoms with Crippen molar-refractivity contribution in [3.8, 4) is 5.75 Å². The van der Waals surface area contributed by atoms with Crippen LogP contribution in [0, 0.1) is 13.8 Å². The SMILES string of the molecule is COc1ccccc1Cc1cc(C)nc(C2CCN(C(=O)Cc3nonc3C)CC2)c1. The van der Waals surface area contributed by atoms with Gasteiger partial charge in [-0.15, -0.1) is 0 Å². The number of carbonyl (C=O) groups is 1. The van der Waals surface area contributed by atoms with Gasteiger partial charge in [0.2, 0.25) is 5.91 Å². The van der Waals surface area contributed by atoms with Crippen LogP contribution in [0.15, 0.2) is 41.0 Å². The molecule has 0 radical (unpaired) electrons. The Morgan fingerprint density at radius 2 is 1.94 bits per heavy atom. The maximum Gasteiger partial charge on any atom is 0.228 e. The molecule has 7 nitrogen and oxygen atoms in total. The van der Waals surface area contributed by atoms with Gasteiger partial charge in [-0.1, -0.05) is 28.5 Å². The lowest BCUT2D eigenvalue weighted by Gasteiger charge is -2.32. The third-order valence-electron chi connectivity index (χ3n) is 5.95. The van der Waals surface area contributed by atoms with Gasteiger partial charge in [0.15, 0.2) is 0 Å². The number of aryl methyl sites for hydroxylation is 2. The summed E-state index contributed by atoms with van der Waals surface area (Å²) in [5, 5.41) is 7.58. The zero-order valence-corrected chi connectivity index (χ0v) is 18.3. The molecule has 1 aliphatic heterocycles. The van der Waals surface area contributed by atoms with E-state index in [4.69, 9.17) is 14.3 Å². The van der Waals surface area contributed by atoms with Gasteiger partial charge in [-0.3, -0.25) is 9.78 Å². The lowest BCUT2D eigenvalue weighted by molar-refractivity contribution is -0.131. The van der Waals surface area contributed by atoms with Gasteiger partial charge in [0, 0.05) is 36.8 Å². The average Bonchev–Trinajstić information content (AvgIpc) is 3.18. The molecule has 7 heteroatoms. The first-order valence-corrected chi connectivity index (χ1v) is 10.7. The van der Waals surface area contributed by atoms with E-state index in [0.717, 1.165) is 49.5 Å². The molecule has 162 valence electrons. The third kappa shape index (κ3) is 4.93. The highest BCUT2D eigenvalue weighted by molar-refractivity contribution is 5.78. The number of amides is 1. The lowest BCUT2D eigenvalue weighted by atomic mass is 9.91. The number of para-hydroxylation sites is 1. The van der Waals surface area contributed by atoms with Crippen LogP contribution in [0.4, 0.5) is 0 Å². The monoisotopic (exact) mass is 420 g/mol. The van der Waals surface area contributed by atoms with Crippen LogP contribution in [0.3, 0.4) is 0 Å². The standard InChI is InChI=1S/C24H28N4O3/c1-16-12-18(13-20-6-4-5-7-23(20)30-3)14-22(25-16)19-8-10-28(11-9-19)24(29)15-21-17(2)26-31-27-21/h4-7,12,14,19H,8-11,13,15H2,1-3H3. The normalized spacial score (nSPS) is 14.6. The number of piperidine rings is 1. The summed E-state index contributed by atoms with van der Waals surface area (Å²) in [6, 6.07) is 12.5. The maximum absolute atomic E-state index is 12.6. The predicted molar refractivity (Wildman–Crippen MR) is 116 cm³/mol. The van der Waals surface area contributed by atoms with E-state index in [1.54, 1.807) is 14.0 Å². The van der Waals surface area contributed by atoms with Crippen LogP contribution in [0.5, 0.6) is 5.75 Å². The number of pyridine rings is 1. The molecular weight excluding hydrogens is 392 g/mol. The molecule has 31 heavy (non-hydrogen) atoms. The van der Waals surface area contributed by atoms with Crippen LogP contribution in [-0.4, -0.2) is 46.3 Å². The van der Waals surface area contributed by atoms with Crippen molar-refractivity contribution in [1.29, 1.82) is 0 Å². The van der Waals surface area contributed by atoms with Crippen LogP contribution in [0.25, 0.3) is 0 Å². The molecule has 4 rings (SSSR count). The van der Waals surface area contributed by atoms with E-state index in [1.165, 1.54) is 11.1 Å². The Morgan fingerprint density at radius 1 is 1.16 bits per heavy atom. The van der Waals surface area contributed by atoms with Gasteiger partial charge in [-0.2, -0.15) is 0 Å². The molecule has 1 aromatic carbocycles. The highest BCUT2D eigenvalue weighted by Crippen LogP contribution is 2.29. The van der Waals surface area contributed by atoms with Crippen molar-refractivity contribution < 1.29 is 14.2 Å². The number of aromatic nitrogens is 3. The van der Waals surface area contributed by atoms with E-state index < -0.39 is 0 Å². The molecule has 3 aromatic rings. The summed E-state index contributed by atoms with van der Waals surface area (Å²) in [5.74, 6) is 1.34. The van der Waals surface area contributed by atoms with Crippen LogP contribution >= 0.6 is 0 Å². The van der Waals surface area contributed by atoms with Crippen LogP contribution in [0.2, 0.25) is 0 Å². The second-order valence-electron chi connectivity index (χ2n) is 8.16. The van der Waals surface area contributed by atoms with Crippen molar-refractivity contribution in [1.82, 2.24) is 20.2 Å².